The second-order valence-corrected chi connectivity index (χ2v) is 5.49. The number of H-pyrrole nitrogens is 1. The van der Waals surface area contributed by atoms with Crippen molar-refractivity contribution in [3.63, 3.8) is 0 Å². The van der Waals surface area contributed by atoms with Crippen LogP contribution in [0.25, 0.3) is 10.9 Å². The van der Waals surface area contributed by atoms with Crippen molar-refractivity contribution >= 4 is 16.8 Å². The molecule has 2 aromatic carbocycles. The highest BCUT2D eigenvalue weighted by atomic mass is 19.1. The smallest absolute Gasteiger partial charge is 0.252 e. The fourth-order valence-electron chi connectivity index (χ4n) is 2.58. The van der Waals surface area contributed by atoms with Gasteiger partial charge in [-0.1, -0.05) is 12.1 Å². The predicted octanol–water partition coefficient (Wildman–Crippen LogP) is 2.48. The van der Waals surface area contributed by atoms with E-state index in [1.54, 1.807) is 19.2 Å². The summed E-state index contributed by atoms with van der Waals surface area (Å²) in [5.74, 6) is 0.245. The summed E-state index contributed by atoms with van der Waals surface area (Å²) in [6.07, 6.45) is 0. The molecule has 0 atom stereocenters. The Morgan fingerprint density at radius 1 is 1.15 bits per heavy atom. The molecule has 1 heterocycles. The molecule has 0 bridgehead atoms. The molecule has 0 spiro atoms. The van der Waals surface area contributed by atoms with Gasteiger partial charge in [-0.05, 0) is 30.3 Å². The Balaban J connectivity index is 1.67. The molecule has 0 aliphatic carbocycles. The normalized spacial score (nSPS) is 10.5. The van der Waals surface area contributed by atoms with Gasteiger partial charge < -0.3 is 19.8 Å². The van der Waals surface area contributed by atoms with Crippen LogP contribution in [-0.2, 0) is 0 Å². The molecule has 3 rings (SSSR count). The number of aromatic nitrogens is 1. The molecule has 3 aromatic rings. The van der Waals surface area contributed by atoms with E-state index >= 15 is 0 Å². The lowest BCUT2D eigenvalue weighted by atomic mass is 10.1. The molecule has 2 N–H and O–H groups in total. The zero-order valence-electron chi connectivity index (χ0n) is 14.0. The highest BCUT2D eigenvalue weighted by Gasteiger charge is 2.12. The fraction of sp³-hybridized carbons (Fsp3) is 0.158. The van der Waals surface area contributed by atoms with Crippen LogP contribution in [0.5, 0.6) is 11.5 Å². The monoisotopic (exact) mass is 356 g/mol. The summed E-state index contributed by atoms with van der Waals surface area (Å²) in [7, 11) is 1.55. The number of aromatic amines is 1. The second kappa shape index (κ2) is 7.69. The maximum Gasteiger partial charge on any atom is 0.252 e. The molecular weight excluding hydrogens is 339 g/mol. The molecular formula is C19H17FN2O4. The van der Waals surface area contributed by atoms with Gasteiger partial charge in [0.15, 0.2) is 11.5 Å². The highest BCUT2D eigenvalue weighted by molar-refractivity contribution is 6.05. The molecule has 0 fully saturated rings. The van der Waals surface area contributed by atoms with Crippen LogP contribution in [0.2, 0.25) is 0 Å². The average molecular weight is 356 g/mol. The van der Waals surface area contributed by atoms with Crippen LogP contribution < -0.4 is 20.3 Å². The minimum atomic E-state index is -0.490. The predicted molar refractivity (Wildman–Crippen MR) is 95.3 cm³/mol. The molecule has 7 heteroatoms. The van der Waals surface area contributed by atoms with Crippen molar-refractivity contribution in [2.24, 2.45) is 0 Å². The zero-order chi connectivity index (χ0) is 18.5. The molecule has 0 unspecified atom stereocenters. The van der Waals surface area contributed by atoms with Gasteiger partial charge in [-0.3, -0.25) is 9.59 Å². The first kappa shape index (κ1) is 17.5. The van der Waals surface area contributed by atoms with E-state index in [4.69, 9.17) is 9.47 Å². The van der Waals surface area contributed by atoms with E-state index in [0.717, 1.165) is 0 Å². The standard InChI is InChI=1S/C19H17FN2O4/c1-25-16-4-2-3-5-17(16)26-9-8-21-19(24)14-11-18(23)22-15-10-12(20)6-7-13(14)15/h2-7,10-11H,8-9H2,1H3,(H,21,24)(H,22,23). The van der Waals surface area contributed by atoms with Gasteiger partial charge in [-0.15, -0.1) is 0 Å². The quantitative estimate of drug-likeness (QED) is 0.665. The zero-order valence-corrected chi connectivity index (χ0v) is 14.0. The molecule has 1 amide bonds. The maximum atomic E-state index is 13.3. The summed E-state index contributed by atoms with van der Waals surface area (Å²) < 4.78 is 24.1. The number of carbonyl (C=O) groups excluding carboxylic acids is 1. The van der Waals surface area contributed by atoms with Gasteiger partial charge in [-0.25, -0.2) is 4.39 Å². The minimum Gasteiger partial charge on any atom is -0.493 e. The molecule has 134 valence electrons. The van der Waals surface area contributed by atoms with Gasteiger partial charge >= 0.3 is 0 Å². The van der Waals surface area contributed by atoms with Crippen molar-refractivity contribution < 1.29 is 18.7 Å². The van der Waals surface area contributed by atoms with Crippen molar-refractivity contribution in [3.05, 3.63) is 70.3 Å². The first-order valence-corrected chi connectivity index (χ1v) is 7.95. The number of rotatable bonds is 6. The van der Waals surface area contributed by atoms with Gasteiger partial charge in [-0.2, -0.15) is 0 Å². The first-order chi connectivity index (χ1) is 12.6. The summed E-state index contributed by atoms with van der Waals surface area (Å²) in [6, 6.07) is 12.2. The van der Waals surface area contributed by atoms with Crippen LogP contribution >= 0.6 is 0 Å². The number of fused-ring (bicyclic) bond motifs is 1. The van der Waals surface area contributed by atoms with Crippen LogP contribution in [-0.4, -0.2) is 31.2 Å². The summed E-state index contributed by atoms with van der Waals surface area (Å²) in [5, 5.41) is 3.16. The molecule has 0 aliphatic heterocycles. The average Bonchev–Trinajstić information content (AvgIpc) is 2.64. The van der Waals surface area contributed by atoms with E-state index in [0.29, 0.717) is 16.9 Å². The molecule has 0 saturated carbocycles. The van der Waals surface area contributed by atoms with Crippen LogP contribution in [0, 0.1) is 5.82 Å². The second-order valence-electron chi connectivity index (χ2n) is 5.49. The third-order valence-corrected chi connectivity index (χ3v) is 3.76. The number of halogens is 1. The van der Waals surface area contributed by atoms with E-state index in [1.165, 1.54) is 24.3 Å². The molecule has 0 radical (unpaired) electrons. The van der Waals surface area contributed by atoms with Crippen molar-refractivity contribution in [1.82, 2.24) is 10.3 Å². The topological polar surface area (TPSA) is 80.4 Å². The van der Waals surface area contributed by atoms with E-state index < -0.39 is 17.3 Å². The highest BCUT2D eigenvalue weighted by Crippen LogP contribution is 2.25. The SMILES string of the molecule is COc1ccccc1OCCNC(=O)c1cc(=O)[nH]c2cc(F)ccc12. The lowest BCUT2D eigenvalue weighted by molar-refractivity contribution is 0.0948. The Labute approximate surface area is 148 Å². The number of hydrogen-bond acceptors (Lipinski definition) is 4. The summed E-state index contributed by atoms with van der Waals surface area (Å²) in [5.41, 5.74) is -0.0208. The van der Waals surface area contributed by atoms with E-state index in [1.807, 2.05) is 12.1 Å². The number of methoxy groups -OCH3 is 1. The van der Waals surface area contributed by atoms with Gasteiger partial charge in [0, 0.05) is 11.5 Å². The Hall–Kier alpha value is -3.35. The van der Waals surface area contributed by atoms with Crippen molar-refractivity contribution in [2.45, 2.75) is 0 Å². The number of carbonyl (C=O) groups is 1. The first-order valence-electron chi connectivity index (χ1n) is 7.95. The third kappa shape index (κ3) is 3.83. The number of pyridine rings is 1. The number of nitrogens with one attached hydrogen (secondary N) is 2. The van der Waals surface area contributed by atoms with Crippen LogP contribution in [0.1, 0.15) is 10.4 Å². The Kier molecular flexibility index (Phi) is 5.17. The molecule has 0 aliphatic rings. The minimum absolute atomic E-state index is 0.182. The maximum absolute atomic E-state index is 13.3. The van der Waals surface area contributed by atoms with Gasteiger partial charge in [0.1, 0.15) is 12.4 Å². The van der Waals surface area contributed by atoms with Crippen LogP contribution in [0.4, 0.5) is 4.39 Å². The number of benzene rings is 2. The van der Waals surface area contributed by atoms with E-state index in [-0.39, 0.29) is 24.2 Å². The third-order valence-electron chi connectivity index (χ3n) is 3.76. The van der Waals surface area contributed by atoms with Crippen molar-refractivity contribution in [2.75, 3.05) is 20.3 Å². The fourth-order valence-corrected chi connectivity index (χ4v) is 2.58. The Morgan fingerprint density at radius 2 is 1.92 bits per heavy atom. The van der Waals surface area contributed by atoms with Crippen LogP contribution in [0.15, 0.2) is 53.3 Å². The van der Waals surface area contributed by atoms with Crippen LogP contribution in [0.3, 0.4) is 0 Å². The van der Waals surface area contributed by atoms with Gasteiger partial charge in [0.25, 0.3) is 5.91 Å². The van der Waals surface area contributed by atoms with E-state index in [2.05, 4.69) is 10.3 Å². The van der Waals surface area contributed by atoms with Crippen molar-refractivity contribution in [1.29, 1.82) is 0 Å². The van der Waals surface area contributed by atoms with Gasteiger partial charge in [0.2, 0.25) is 5.56 Å². The lowest BCUT2D eigenvalue weighted by Gasteiger charge is -2.11. The number of para-hydroxylation sites is 2. The molecule has 0 saturated heterocycles. The van der Waals surface area contributed by atoms with E-state index in [9.17, 15) is 14.0 Å². The van der Waals surface area contributed by atoms with Crippen molar-refractivity contribution in [3.8, 4) is 11.5 Å². The largest absolute Gasteiger partial charge is 0.493 e. The van der Waals surface area contributed by atoms with Gasteiger partial charge in [0.05, 0.1) is 24.7 Å². The number of ether oxygens (including phenoxy) is 2. The Bertz CT molecular complexity index is 1000. The summed E-state index contributed by atoms with van der Waals surface area (Å²) >= 11 is 0. The lowest BCUT2D eigenvalue weighted by Crippen LogP contribution is -2.29. The Morgan fingerprint density at radius 3 is 2.69 bits per heavy atom. The summed E-state index contributed by atoms with van der Waals surface area (Å²) in [4.78, 5) is 26.6. The number of hydrogen-bond donors (Lipinski definition) is 2. The molecule has 6 nitrogen and oxygen atoms in total. The number of amides is 1. The summed E-state index contributed by atoms with van der Waals surface area (Å²) in [6.45, 7) is 0.453. The molecule has 1 aromatic heterocycles. The molecule has 26 heavy (non-hydrogen) atoms.